The molecule has 2 rings (SSSR count). The summed E-state index contributed by atoms with van der Waals surface area (Å²) < 4.78 is 0. The highest BCUT2D eigenvalue weighted by Crippen LogP contribution is 2.23. The van der Waals surface area contributed by atoms with Crippen molar-refractivity contribution in [3.8, 4) is 0 Å². The smallest absolute Gasteiger partial charge is 0.226 e. The second-order valence-electron chi connectivity index (χ2n) is 7.04. The number of piperidine rings is 2. The Balaban J connectivity index is 1.72. The Morgan fingerprint density at radius 2 is 1.91 bits per heavy atom. The van der Waals surface area contributed by atoms with Crippen LogP contribution in [0.2, 0.25) is 0 Å². The molecule has 0 aliphatic carbocycles. The van der Waals surface area contributed by atoms with Crippen LogP contribution in [-0.4, -0.2) is 53.8 Å². The number of hydrogen-bond acceptors (Lipinski definition) is 3. The number of carbonyl (C=O) groups is 2. The Morgan fingerprint density at radius 1 is 1.23 bits per heavy atom. The molecule has 22 heavy (non-hydrogen) atoms. The number of nitrogens with two attached hydrogens (primary N) is 1. The van der Waals surface area contributed by atoms with Crippen molar-refractivity contribution in [2.45, 2.75) is 52.0 Å². The van der Waals surface area contributed by atoms with Gasteiger partial charge in [-0.3, -0.25) is 14.5 Å². The van der Waals surface area contributed by atoms with Gasteiger partial charge in [0.25, 0.3) is 0 Å². The average Bonchev–Trinajstić information content (AvgIpc) is 2.52. The summed E-state index contributed by atoms with van der Waals surface area (Å²) in [6, 6.07) is 0.636. The summed E-state index contributed by atoms with van der Waals surface area (Å²) in [5.74, 6) is 0.244. The zero-order valence-electron chi connectivity index (χ0n) is 14.0. The van der Waals surface area contributed by atoms with Gasteiger partial charge in [-0.2, -0.15) is 0 Å². The lowest BCUT2D eigenvalue weighted by molar-refractivity contribution is -0.129. The lowest BCUT2D eigenvalue weighted by Crippen LogP contribution is -2.49. The maximum Gasteiger partial charge on any atom is 0.226 e. The number of amides is 2. The van der Waals surface area contributed by atoms with Gasteiger partial charge in [0.1, 0.15) is 0 Å². The quantitative estimate of drug-likeness (QED) is 0.835. The molecule has 125 valence electrons. The molecule has 0 saturated carbocycles. The molecule has 0 aromatic heterocycles. The minimum absolute atomic E-state index is 0.0542. The van der Waals surface area contributed by atoms with Gasteiger partial charge in [-0.15, -0.1) is 0 Å². The highest BCUT2D eigenvalue weighted by molar-refractivity contribution is 5.86. The first kappa shape index (κ1) is 17.3. The lowest BCUT2D eigenvalue weighted by Gasteiger charge is -2.41. The summed E-state index contributed by atoms with van der Waals surface area (Å²) in [5.41, 5.74) is 5.22. The van der Waals surface area contributed by atoms with E-state index in [9.17, 15) is 9.59 Å². The fourth-order valence-electron chi connectivity index (χ4n) is 3.53. The summed E-state index contributed by atoms with van der Waals surface area (Å²) in [5, 5.41) is 0. The van der Waals surface area contributed by atoms with Crippen LogP contribution in [-0.2, 0) is 9.59 Å². The van der Waals surface area contributed by atoms with Crippen LogP contribution in [0.1, 0.15) is 46.0 Å². The Labute approximate surface area is 134 Å². The number of primary amides is 1. The molecule has 0 aromatic rings. The van der Waals surface area contributed by atoms with Gasteiger partial charge in [0.15, 0.2) is 0 Å². The highest BCUT2D eigenvalue weighted by atomic mass is 16.2. The van der Waals surface area contributed by atoms with E-state index in [1.807, 2.05) is 4.90 Å². The summed E-state index contributed by atoms with van der Waals surface area (Å²) >= 11 is 0. The molecule has 0 spiro atoms. The SMILES string of the molecule is CC(C[CH]C(=O)N1CCC(N2CCC[C@H](C)C2)CC1)C(N)=O. The molecule has 1 radical (unpaired) electrons. The largest absolute Gasteiger partial charge is 0.369 e. The van der Waals surface area contributed by atoms with Crippen LogP contribution >= 0.6 is 0 Å². The minimum atomic E-state index is -0.345. The molecule has 2 heterocycles. The molecule has 2 amide bonds. The average molecular weight is 308 g/mol. The second kappa shape index (κ2) is 7.95. The van der Waals surface area contributed by atoms with Gasteiger partial charge in [-0.25, -0.2) is 0 Å². The number of nitrogens with zero attached hydrogens (tertiary/aromatic N) is 2. The van der Waals surface area contributed by atoms with Crippen LogP contribution in [0, 0.1) is 18.3 Å². The highest BCUT2D eigenvalue weighted by Gasteiger charge is 2.29. The first-order chi connectivity index (χ1) is 10.5. The summed E-state index contributed by atoms with van der Waals surface area (Å²) in [7, 11) is 0. The zero-order valence-corrected chi connectivity index (χ0v) is 14.0. The van der Waals surface area contributed by atoms with Crippen LogP contribution in [0.5, 0.6) is 0 Å². The Kier molecular flexibility index (Phi) is 6.24. The molecule has 2 saturated heterocycles. The van der Waals surface area contributed by atoms with Crippen molar-refractivity contribution in [2.24, 2.45) is 17.6 Å². The van der Waals surface area contributed by atoms with E-state index in [1.54, 1.807) is 13.3 Å². The monoisotopic (exact) mass is 308 g/mol. The van der Waals surface area contributed by atoms with Gasteiger partial charge in [0, 0.05) is 31.6 Å². The van der Waals surface area contributed by atoms with Gasteiger partial charge in [0.2, 0.25) is 11.8 Å². The first-order valence-electron chi connectivity index (χ1n) is 8.63. The van der Waals surface area contributed by atoms with Gasteiger partial charge in [-0.05, 0) is 44.6 Å². The van der Waals surface area contributed by atoms with Crippen molar-refractivity contribution in [3.05, 3.63) is 6.42 Å². The topological polar surface area (TPSA) is 66.6 Å². The van der Waals surface area contributed by atoms with Crippen LogP contribution in [0.4, 0.5) is 0 Å². The van der Waals surface area contributed by atoms with E-state index < -0.39 is 0 Å². The van der Waals surface area contributed by atoms with Crippen molar-refractivity contribution in [1.29, 1.82) is 0 Å². The molecule has 2 atom stereocenters. The Bertz CT molecular complexity index is 391. The van der Waals surface area contributed by atoms with Crippen molar-refractivity contribution in [2.75, 3.05) is 26.2 Å². The van der Waals surface area contributed by atoms with E-state index in [0.29, 0.717) is 12.5 Å². The molecular formula is C17H30N3O2. The van der Waals surface area contributed by atoms with Gasteiger partial charge in [-0.1, -0.05) is 13.8 Å². The van der Waals surface area contributed by atoms with E-state index in [2.05, 4.69) is 11.8 Å². The first-order valence-corrected chi connectivity index (χ1v) is 8.63. The van der Waals surface area contributed by atoms with Crippen molar-refractivity contribution in [1.82, 2.24) is 9.80 Å². The molecule has 2 N–H and O–H groups in total. The van der Waals surface area contributed by atoms with Crippen molar-refractivity contribution < 1.29 is 9.59 Å². The molecular weight excluding hydrogens is 278 g/mol. The molecule has 2 fully saturated rings. The normalized spacial score (nSPS) is 25.9. The number of hydrogen-bond donors (Lipinski definition) is 1. The molecule has 5 nitrogen and oxygen atoms in total. The molecule has 2 aliphatic heterocycles. The summed E-state index contributed by atoms with van der Waals surface area (Å²) in [6.45, 7) is 8.17. The van der Waals surface area contributed by atoms with Crippen molar-refractivity contribution in [3.63, 3.8) is 0 Å². The summed E-state index contributed by atoms with van der Waals surface area (Å²) in [6.07, 6.45) is 6.85. The third-order valence-electron chi connectivity index (χ3n) is 5.11. The standard InChI is InChI=1S/C17H30N3O2/c1-13-4-3-9-20(12-13)15-7-10-19(11-8-15)16(21)6-5-14(2)17(18)22/h6,13-15H,3-5,7-12H2,1-2H3,(H2,18,22)/t13-,14?/m0/s1. The number of likely N-dealkylation sites (tertiary alicyclic amines) is 2. The van der Waals surface area contributed by atoms with E-state index in [1.165, 1.54) is 25.9 Å². The second-order valence-corrected chi connectivity index (χ2v) is 7.04. The van der Waals surface area contributed by atoms with Crippen LogP contribution < -0.4 is 5.73 Å². The van der Waals surface area contributed by atoms with Crippen LogP contribution in [0.3, 0.4) is 0 Å². The molecule has 0 bridgehead atoms. The van der Waals surface area contributed by atoms with E-state index >= 15 is 0 Å². The Morgan fingerprint density at radius 3 is 2.50 bits per heavy atom. The lowest BCUT2D eigenvalue weighted by atomic mass is 9.95. The zero-order chi connectivity index (χ0) is 16.1. The van der Waals surface area contributed by atoms with Gasteiger partial charge in [0.05, 0.1) is 6.42 Å². The maximum atomic E-state index is 12.2. The third-order valence-corrected chi connectivity index (χ3v) is 5.11. The van der Waals surface area contributed by atoms with E-state index in [0.717, 1.165) is 31.8 Å². The molecule has 2 aliphatic rings. The van der Waals surface area contributed by atoms with E-state index in [-0.39, 0.29) is 17.7 Å². The molecule has 5 heteroatoms. The van der Waals surface area contributed by atoms with Gasteiger partial charge < -0.3 is 10.6 Å². The van der Waals surface area contributed by atoms with Crippen molar-refractivity contribution >= 4 is 11.8 Å². The van der Waals surface area contributed by atoms with Crippen LogP contribution in [0.25, 0.3) is 0 Å². The number of carbonyl (C=O) groups excluding carboxylic acids is 2. The van der Waals surface area contributed by atoms with Gasteiger partial charge >= 0.3 is 0 Å². The predicted octanol–water partition coefficient (Wildman–Crippen LogP) is 1.43. The Hall–Kier alpha value is -1.10. The fraction of sp³-hybridized carbons (Fsp3) is 0.824. The van der Waals surface area contributed by atoms with Crippen LogP contribution in [0.15, 0.2) is 0 Å². The van der Waals surface area contributed by atoms with E-state index in [4.69, 9.17) is 5.73 Å². The molecule has 1 unspecified atom stereocenters. The maximum absolute atomic E-state index is 12.2. The fourth-order valence-corrected chi connectivity index (χ4v) is 3.53. The minimum Gasteiger partial charge on any atom is -0.369 e. The predicted molar refractivity (Wildman–Crippen MR) is 86.8 cm³/mol. The molecule has 0 aromatic carbocycles. The number of rotatable bonds is 5. The summed E-state index contributed by atoms with van der Waals surface area (Å²) in [4.78, 5) is 27.7. The third kappa shape index (κ3) is 4.70.